The summed E-state index contributed by atoms with van der Waals surface area (Å²) in [5.74, 6) is -0.348. The lowest BCUT2D eigenvalue weighted by molar-refractivity contribution is 0.565. The van der Waals surface area contributed by atoms with Crippen molar-refractivity contribution in [3.63, 3.8) is 0 Å². The van der Waals surface area contributed by atoms with Gasteiger partial charge >= 0.3 is 0 Å². The SMILES string of the molecule is Nc1ccc(S(=O)O)c(Nc2ccc(F)cc2)c1. The van der Waals surface area contributed by atoms with Gasteiger partial charge in [0, 0.05) is 11.4 Å². The molecule has 4 nitrogen and oxygen atoms in total. The molecule has 1 unspecified atom stereocenters. The number of nitrogens with two attached hydrogens (primary N) is 1. The molecule has 0 aromatic heterocycles. The summed E-state index contributed by atoms with van der Waals surface area (Å²) >= 11 is -2.12. The Morgan fingerprint density at radius 1 is 1.17 bits per heavy atom. The van der Waals surface area contributed by atoms with Crippen molar-refractivity contribution in [2.75, 3.05) is 11.1 Å². The quantitative estimate of drug-likeness (QED) is 0.590. The molecule has 0 spiro atoms. The van der Waals surface area contributed by atoms with E-state index in [1.54, 1.807) is 12.1 Å². The van der Waals surface area contributed by atoms with Crippen LogP contribution in [0.4, 0.5) is 21.5 Å². The van der Waals surface area contributed by atoms with Crippen molar-refractivity contribution in [3.8, 4) is 0 Å². The van der Waals surface area contributed by atoms with Crippen molar-refractivity contribution < 1.29 is 13.2 Å². The number of hydrogen-bond donors (Lipinski definition) is 3. The average Bonchev–Trinajstić information content (AvgIpc) is 2.32. The second-order valence-electron chi connectivity index (χ2n) is 3.64. The largest absolute Gasteiger partial charge is 0.399 e. The van der Waals surface area contributed by atoms with Crippen LogP contribution < -0.4 is 11.1 Å². The van der Waals surface area contributed by atoms with Crippen LogP contribution in [0, 0.1) is 5.82 Å². The molecule has 0 saturated carbocycles. The third-order valence-electron chi connectivity index (χ3n) is 2.31. The number of hydrogen-bond acceptors (Lipinski definition) is 3. The van der Waals surface area contributed by atoms with Crippen molar-refractivity contribution in [3.05, 3.63) is 48.3 Å². The van der Waals surface area contributed by atoms with Gasteiger partial charge in [0.25, 0.3) is 0 Å². The van der Waals surface area contributed by atoms with Crippen LogP contribution in [0.25, 0.3) is 0 Å². The van der Waals surface area contributed by atoms with Gasteiger partial charge in [0.1, 0.15) is 5.82 Å². The summed E-state index contributed by atoms with van der Waals surface area (Å²) in [6.07, 6.45) is 0. The van der Waals surface area contributed by atoms with Crippen LogP contribution in [0.15, 0.2) is 47.4 Å². The molecule has 0 fully saturated rings. The molecule has 2 aromatic rings. The second-order valence-corrected chi connectivity index (χ2v) is 4.57. The van der Waals surface area contributed by atoms with Crippen molar-refractivity contribution in [1.29, 1.82) is 0 Å². The molecular weight excluding hydrogens is 255 g/mol. The molecule has 0 radical (unpaired) electrons. The first kappa shape index (κ1) is 12.5. The van der Waals surface area contributed by atoms with Crippen LogP contribution in [0.2, 0.25) is 0 Å². The van der Waals surface area contributed by atoms with Crippen molar-refractivity contribution in [1.82, 2.24) is 0 Å². The molecule has 0 aliphatic rings. The van der Waals surface area contributed by atoms with Gasteiger partial charge in [-0.1, -0.05) is 0 Å². The molecule has 0 aliphatic carbocycles. The molecule has 0 aliphatic heterocycles. The molecule has 0 bridgehead atoms. The van der Waals surface area contributed by atoms with E-state index in [1.165, 1.54) is 30.3 Å². The van der Waals surface area contributed by atoms with Crippen LogP contribution in [0.3, 0.4) is 0 Å². The van der Waals surface area contributed by atoms with E-state index >= 15 is 0 Å². The van der Waals surface area contributed by atoms with Gasteiger partial charge in [0.2, 0.25) is 0 Å². The minimum atomic E-state index is -2.12. The smallest absolute Gasteiger partial charge is 0.188 e. The van der Waals surface area contributed by atoms with Gasteiger partial charge in [0.05, 0.1) is 10.6 Å². The van der Waals surface area contributed by atoms with Gasteiger partial charge in [-0.25, -0.2) is 8.60 Å². The molecular formula is C12H11FN2O2S. The van der Waals surface area contributed by atoms with Crippen molar-refractivity contribution in [2.24, 2.45) is 0 Å². The lowest BCUT2D eigenvalue weighted by atomic mass is 10.2. The third kappa shape index (κ3) is 2.85. The molecule has 94 valence electrons. The Morgan fingerprint density at radius 2 is 1.83 bits per heavy atom. The maximum absolute atomic E-state index is 12.8. The first-order chi connectivity index (χ1) is 8.56. The van der Waals surface area contributed by atoms with Gasteiger partial charge in [-0.2, -0.15) is 0 Å². The maximum atomic E-state index is 12.8. The van der Waals surface area contributed by atoms with E-state index < -0.39 is 11.1 Å². The summed E-state index contributed by atoms with van der Waals surface area (Å²) < 4.78 is 33.1. The number of halogens is 1. The van der Waals surface area contributed by atoms with Gasteiger partial charge < -0.3 is 15.6 Å². The highest BCUT2D eigenvalue weighted by Crippen LogP contribution is 2.25. The van der Waals surface area contributed by atoms with E-state index in [-0.39, 0.29) is 10.7 Å². The predicted molar refractivity (Wildman–Crippen MR) is 69.6 cm³/mol. The minimum absolute atomic E-state index is 0.216. The van der Waals surface area contributed by atoms with E-state index in [9.17, 15) is 8.60 Å². The van der Waals surface area contributed by atoms with E-state index in [1.807, 2.05) is 0 Å². The Kier molecular flexibility index (Phi) is 3.59. The Morgan fingerprint density at radius 3 is 2.44 bits per heavy atom. The molecule has 0 saturated heterocycles. The second kappa shape index (κ2) is 5.16. The topological polar surface area (TPSA) is 75.4 Å². The van der Waals surface area contributed by atoms with E-state index in [2.05, 4.69) is 5.32 Å². The molecule has 2 aromatic carbocycles. The minimum Gasteiger partial charge on any atom is -0.399 e. The first-order valence-electron chi connectivity index (χ1n) is 5.09. The molecule has 18 heavy (non-hydrogen) atoms. The molecule has 6 heteroatoms. The highest BCUT2D eigenvalue weighted by molar-refractivity contribution is 7.79. The first-order valence-corrected chi connectivity index (χ1v) is 6.20. The molecule has 0 amide bonds. The monoisotopic (exact) mass is 266 g/mol. The summed E-state index contributed by atoms with van der Waals surface area (Å²) in [5.41, 5.74) is 7.12. The van der Waals surface area contributed by atoms with Gasteiger partial charge in [-0.3, -0.25) is 0 Å². The average molecular weight is 266 g/mol. The third-order valence-corrected chi connectivity index (χ3v) is 3.05. The normalized spacial score (nSPS) is 12.1. The lowest BCUT2D eigenvalue weighted by Crippen LogP contribution is -1.99. The number of nitrogens with one attached hydrogen (secondary N) is 1. The lowest BCUT2D eigenvalue weighted by Gasteiger charge is -2.10. The maximum Gasteiger partial charge on any atom is 0.188 e. The van der Waals surface area contributed by atoms with Crippen LogP contribution in [0.5, 0.6) is 0 Å². The molecule has 0 heterocycles. The number of anilines is 3. The summed E-state index contributed by atoms with van der Waals surface area (Å²) in [6, 6.07) is 10.2. The summed E-state index contributed by atoms with van der Waals surface area (Å²) in [7, 11) is 0. The zero-order chi connectivity index (χ0) is 13.1. The van der Waals surface area contributed by atoms with Crippen LogP contribution in [0.1, 0.15) is 0 Å². The fraction of sp³-hybridized carbons (Fsp3) is 0. The van der Waals surface area contributed by atoms with Crippen LogP contribution in [-0.4, -0.2) is 8.76 Å². The Balaban J connectivity index is 2.35. The zero-order valence-electron chi connectivity index (χ0n) is 9.26. The number of rotatable bonds is 3. The van der Waals surface area contributed by atoms with Crippen LogP contribution >= 0.6 is 0 Å². The summed E-state index contributed by atoms with van der Waals surface area (Å²) in [5, 5.41) is 2.92. The predicted octanol–water partition coefficient (Wildman–Crippen LogP) is 2.73. The summed E-state index contributed by atoms with van der Waals surface area (Å²) in [4.78, 5) is 0.216. The fourth-order valence-corrected chi connectivity index (χ4v) is 1.97. The van der Waals surface area contributed by atoms with E-state index in [0.29, 0.717) is 17.1 Å². The van der Waals surface area contributed by atoms with Gasteiger partial charge in [0.15, 0.2) is 11.1 Å². The summed E-state index contributed by atoms with van der Waals surface area (Å²) in [6.45, 7) is 0. The van der Waals surface area contributed by atoms with Gasteiger partial charge in [-0.15, -0.1) is 0 Å². The highest BCUT2D eigenvalue weighted by atomic mass is 32.2. The van der Waals surface area contributed by atoms with E-state index in [4.69, 9.17) is 10.3 Å². The Bertz CT molecular complexity index is 587. The number of benzene rings is 2. The fourth-order valence-electron chi connectivity index (χ4n) is 1.49. The Labute approximate surface area is 106 Å². The molecule has 4 N–H and O–H groups in total. The standard InChI is InChI=1S/C12H11FN2O2S/c13-8-1-4-10(5-2-8)15-11-7-9(14)3-6-12(11)18(16)17/h1-7,15H,14H2,(H,16,17). The van der Waals surface area contributed by atoms with Crippen molar-refractivity contribution in [2.45, 2.75) is 4.90 Å². The van der Waals surface area contributed by atoms with E-state index in [0.717, 1.165) is 0 Å². The van der Waals surface area contributed by atoms with Crippen LogP contribution in [-0.2, 0) is 11.1 Å². The molecule has 1 atom stereocenters. The Hall–Kier alpha value is -1.92. The zero-order valence-corrected chi connectivity index (χ0v) is 10.1. The van der Waals surface area contributed by atoms with Gasteiger partial charge in [-0.05, 0) is 42.5 Å². The number of nitrogen functional groups attached to an aromatic ring is 1. The van der Waals surface area contributed by atoms with Crippen molar-refractivity contribution >= 4 is 28.1 Å². The molecule has 2 rings (SSSR count). The highest BCUT2D eigenvalue weighted by Gasteiger charge is 2.08.